The second-order valence-electron chi connectivity index (χ2n) is 4.15. The van der Waals surface area contributed by atoms with Crippen LogP contribution in [0.3, 0.4) is 0 Å². The number of hydrogen-bond acceptors (Lipinski definition) is 1. The number of nitrogens with zero attached hydrogens (tertiary/aromatic N) is 1. The summed E-state index contributed by atoms with van der Waals surface area (Å²) in [6.07, 6.45) is 3.63. The van der Waals surface area contributed by atoms with E-state index in [1.807, 2.05) is 13.2 Å². The van der Waals surface area contributed by atoms with Crippen LogP contribution in [0.1, 0.15) is 25.0 Å². The molecule has 14 heavy (non-hydrogen) atoms. The van der Waals surface area contributed by atoms with Gasteiger partial charge < -0.3 is 4.57 Å². The lowest BCUT2D eigenvalue weighted by Gasteiger charge is -2.18. The molecule has 0 bridgehead atoms. The molecule has 0 spiro atoms. The van der Waals surface area contributed by atoms with Gasteiger partial charge in [-0.1, -0.05) is 11.1 Å². The molecule has 0 aliphatic heterocycles. The number of fused-ring (bicyclic) bond motifs is 1. The lowest BCUT2D eigenvalue weighted by molar-refractivity contribution is 0.809. The Morgan fingerprint density at radius 3 is 2.57 bits per heavy atom. The third-order valence-corrected chi connectivity index (χ3v) is 3.09. The summed E-state index contributed by atoms with van der Waals surface area (Å²) in [6.45, 7) is 4.26. The summed E-state index contributed by atoms with van der Waals surface area (Å²) in [5, 5.41) is 0. The fourth-order valence-corrected chi connectivity index (χ4v) is 1.93. The molecule has 0 N–H and O–H groups in total. The Balaban J connectivity index is 2.60. The molecule has 74 valence electrons. The molecule has 0 atom stereocenters. The van der Waals surface area contributed by atoms with E-state index >= 15 is 0 Å². The highest BCUT2D eigenvalue weighted by molar-refractivity contribution is 5.37. The number of pyridine rings is 1. The zero-order chi connectivity index (χ0) is 10.3. The standard InChI is InChI=1S/C12H15NO/c1-8-6-10-4-5-13(3)12(14)11(10)7-9(8)2/h4-5H,6-7H2,1-3H3. The van der Waals surface area contributed by atoms with Crippen molar-refractivity contribution in [2.24, 2.45) is 7.05 Å². The van der Waals surface area contributed by atoms with E-state index in [9.17, 15) is 4.79 Å². The van der Waals surface area contributed by atoms with Crippen LogP contribution in [0, 0.1) is 0 Å². The van der Waals surface area contributed by atoms with E-state index in [4.69, 9.17) is 0 Å². The van der Waals surface area contributed by atoms with Gasteiger partial charge in [0.1, 0.15) is 0 Å². The van der Waals surface area contributed by atoms with Crippen molar-refractivity contribution >= 4 is 0 Å². The molecule has 1 aliphatic rings. The minimum absolute atomic E-state index is 0.161. The maximum absolute atomic E-state index is 11.8. The Labute approximate surface area is 83.9 Å². The summed E-state index contributed by atoms with van der Waals surface area (Å²) in [4.78, 5) is 11.8. The van der Waals surface area contributed by atoms with Crippen molar-refractivity contribution in [3.8, 4) is 0 Å². The first-order valence-corrected chi connectivity index (χ1v) is 4.92. The fourth-order valence-electron chi connectivity index (χ4n) is 1.93. The average Bonchev–Trinajstić information content (AvgIpc) is 2.15. The number of aromatic nitrogens is 1. The quantitative estimate of drug-likeness (QED) is 0.571. The van der Waals surface area contributed by atoms with Crippen LogP contribution < -0.4 is 5.56 Å². The summed E-state index contributed by atoms with van der Waals surface area (Å²) < 4.78 is 1.66. The minimum Gasteiger partial charge on any atom is -0.318 e. The van der Waals surface area contributed by atoms with Crippen molar-refractivity contribution in [2.75, 3.05) is 0 Å². The Bertz CT molecular complexity index is 466. The van der Waals surface area contributed by atoms with E-state index in [1.165, 1.54) is 16.7 Å². The molecule has 2 heteroatoms. The topological polar surface area (TPSA) is 22.0 Å². The number of rotatable bonds is 0. The van der Waals surface area contributed by atoms with E-state index in [0.717, 1.165) is 18.4 Å². The maximum atomic E-state index is 11.8. The molecule has 1 aliphatic carbocycles. The monoisotopic (exact) mass is 189 g/mol. The molecular formula is C12H15NO. The van der Waals surface area contributed by atoms with Gasteiger partial charge in [-0.05, 0) is 38.3 Å². The minimum atomic E-state index is 0.161. The highest BCUT2D eigenvalue weighted by Gasteiger charge is 2.15. The van der Waals surface area contributed by atoms with Gasteiger partial charge in [-0.3, -0.25) is 4.79 Å². The maximum Gasteiger partial charge on any atom is 0.254 e. The van der Waals surface area contributed by atoms with E-state index in [0.29, 0.717) is 0 Å². The van der Waals surface area contributed by atoms with Crippen molar-refractivity contribution < 1.29 is 0 Å². The molecule has 1 aromatic heterocycles. The van der Waals surface area contributed by atoms with E-state index < -0.39 is 0 Å². The van der Waals surface area contributed by atoms with Crippen molar-refractivity contribution in [1.29, 1.82) is 0 Å². The summed E-state index contributed by atoms with van der Waals surface area (Å²) in [7, 11) is 1.81. The molecule has 0 aromatic carbocycles. The van der Waals surface area contributed by atoms with Gasteiger partial charge in [0.05, 0.1) is 0 Å². The van der Waals surface area contributed by atoms with Crippen LogP contribution in [0.5, 0.6) is 0 Å². The largest absolute Gasteiger partial charge is 0.318 e. The second kappa shape index (κ2) is 3.12. The highest BCUT2D eigenvalue weighted by Crippen LogP contribution is 2.22. The smallest absolute Gasteiger partial charge is 0.254 e. The zero-order valence-electron chi connectivity index (χ0n) is 8.92. The van der Waals surface area contributed by atoms with Gasteiger partial charge in [0.15, 0.2) is 0 Å². The lowest BCUT2D eigenvalue weighted by Crippen LogP contribution is -2.24. The average molecular weight is 189 g/mol. The highest BCUT2D eigenvalue weighted by atomic mass is 16.1. The molecule has 0 radical (unpaired) electrons. The van der Waals surface area contributed by atoms with Gasteiger partial charge in [0.2, 0.25) is 0 Å². The van der Waals surface area contributed by atoms with Crippen LogP contribution in [0.2, 0.25) is 0 Å². The first kappa shape index (κ1) is 9.25. The van der Waals surface area contributed by atoms with Crippen LogP contribution in [-0.2, 0) is 19.9 Å². The SMILES string of the molecule is CC1=C(C)Cc2c(ccn(C)c2=O)C1. The number of allylic oxidation sites excluding steroid dienone is 2. The first-order chi connectivity index (χ1) is 6.59. The number of aryl methyl sites for hydroxylation is 1. The zero-order valence-corrected chi connectivity index (χ0v) is 8.92. The van der Waals surface area contributed by atoms with Gasteiger partial charge in [0.25, 0.3) is 5.56 Å². The third-order valence-electron chi connectivity index (χ3n) is 3.09. The van der Waals surface area contributed by atoms with Crippen molar-refractivity contribution in [2.45, 2.75) is 26.7 Å². The molecule has 0 fully saturated rings. The van der Waals surface area contributed by atoms with E-state index in [2.05, 4.69) is 19.9 Å². The van der Waals surface area contributed by atoms with Crippen LogP contribution in [-0.4, -0.2) is 4.57 Å². The molecule has 1 aromatic rings. The molecular weight excluding hydrogens is 174 g/mol. The Morgan fingerprint density at radius 1 is 1.21 bits per heavy atom. The molecule has 0 saturated heterocycles. The first-order valence-electron chi connectivity index (χ1n) is 4.92. The Kier molecular flexibility index (Phi) is 2.06. The van der Waals surface area contributed by atoms with Crippen LogP contribution in [0.25, 0.3) is 0 Å². The third kappa shape index (κ3) is 1.31. The second-order valence-corrected chi connectivity index (χ2v) is 4.15. The molecule has 0 amide bonds. The summed E-state index contributed by atoms with van der Waals surface area (Å²) >= 11 is 0. The Morgan fingerprint density at radius 2 is 1.86 bits per heavy atom. The normalized spacial score (nSPS) is 15.6. The van der Waals surface area contributed by atoms with Gasteiger partial charge in [-0.25, -0.2) is 0 Å². The molecule has 2 rings (SSSR count). The van der Waals surface area contributed by atoms with Crippen molar-refractivity contribution in [3.05, 3.63) is 44.9 Å². The molecule has 2 nitrogen and oxygen atoms in total. The predicted octanol–water partition coefficient (Wildman–Crippen LogP) is 1.82. The Hall–Kier alpha value is -1.31. The molecule has 0 unspecified atom stereocenters. The number of hydrogen-bond donors (Lipinski definition) is 0. The lowest BCUT2D eigenvalue weighted by atomic mass is 9.88. The summed E-state index contributed by atoms with van der Waals surface area (Å²) in [6, 6.07) is 2.06. The van der Waals surface area contributed by atoms with Crippen molar-refractivity contribution in [3.63, 3.8) is 0 Å². The van der Waals surface area contributed by atoms with Gasteiger partial charge in [-0.2, -0.15) is 0 Å². The van der Waals surface area contributed by atoms with Crippen molar-refractivity contribution in [1.82, 2.24) is 4.57 Å². The summed E-state index contributed by atoms with van der Waals surface area (Å²) in [5.41, 5.74) is 5.11. The summed E-state index contributed by atoms with van der Waals surface area (Å²) in [5.74, 6) is 0. The predicted molar refractivity (Wildman–Crippen MR) is 57.5 cm³/mol. The van der Waals surface area contributed by atoms with Gasteiger partial charge in [-0.15, -0.1) is 0 Å². The van der Waals surface area contributed by atoms with Crippen LogP contribution >= 0.6 is 0 Å². The van der Waals surface area contributed by atoms with E-state index in [1.54, 1.807) is 4.57 Å². The van der Waals surface area contributed by atoms with E-state index in [-0.39, 0.29) is 5.56 Å². The van der Waals surface area contributed by atoms with Crippen LogP contribution in [0.4, 0.5) is 0 Å². The van der Waals surface area contributed by atoms with Crippen LogP contribution in [0.15, 0.2) is 28.2 Å². The van der Waals surface area contributed by atoms with Gasteiger partial charge >= 0.3 is 0 Å². The van der Waals surface area contributed by atoms with Gasteiger partial charge in [0, 0.05) is 18.8 Å². The fraction of sp³-hybridized carbons (Fsp3) is 0.417. The molecule has 1 heterocycles. The molecule has 0 saturated carbocycles.